The van der Waals surface area contributed by atoms with E-state index >= 15 is 0 Å². The van der Waals surface area contributed by atoms with E-state index in [1.165, 1.54) is 55.2 Å². The van der Waals surface area contributed by atoms with Gasteiger partial charge in [-0.3, -0.25) is 0 Å². The summed E-state index contributed by atoms with van der Waals surface area (Å²) in [5, 5.41) is 0. The molecule has 3 unspecified atom stereocenters. The van der Waals surface area contributed by atoms with Gasteiger partial charge in [-0.1, -0.05) is 146 Å². The summed E-state index contributed by atoms with van der Waals surface area (Å²) in [6.07, 6.45) is 9.16. The zero-order valence-corrected chi connectivity index (χ0v) is 35.3. The van der Waals surface area contributed by atoms with E-state index in [0.717, 1.165) is 23.7 Å². The number of halogens is 1. The molecule has 0 amide bonds. The summed E-state index contributed by atoms with van der Waals surface area (Å²) in [4.78, 5) is 4.17. The third-order valence-electron chi connectivity index (χ3n) is 7.27. The zero-order chi connectivity index (χ0) is 38.7. The van der Waals surface area contributed by atoms with Gasteiger partial charge in [-0.05, 0) is 71.0 Å². The standard InChI is InChI=1S/C26H33FO5.C7H16.C3H8.4C2H6/c1-18-3-6-20(26-16-24(32-27)15-25(31-26)17-28-2)14-21(18)13-19-4-7-22(8-5-19)29-11-12-30-23-9-10-23;1-4-5-6-7(2)3;1-3-2;4*1-2/h3-8,14,23-26H,9-13,15-17H2,1-2H3;7H,4-6H2,1-3H3;3H2,1-2H3;4*1-2H3. The average molecular weight is 709 g/mol. The van der Waals surface area contributed by atoms with Crippen molar-refractivity contribution in [2.75, 3.05) is 26.9 Å². The summed E-state index contributed by atoms with van der Waals surface area (Å²) in [6, 6.07) is 14.6. The Labute approximate surface area is 310 Å². The quantitative estimate of drug-likeness (QED) is 0.183. The predicted molar refractivity (Wildman–Crippen MR) is 215 cm³/mol. The first-order chi connectivity index (χ1) is 24.3. The van der Waals surface area contributed by atoms with Crippen LogP contribution in [-0.4, -0.2) is 45.2 Å². The van der Waals surface area contributed by atoms with Crippen molar-refractivity contribution in [2.45, 2.75) is 179 Å². The lowest BCUT2D eigenvalue weighted by Crippen LogP contribution is -2.34. The molecule has 2 aromatic carbocycles. The van der Waals surface area contributed by atoms with E-state index in [4.69, 9.17) is 18.9 Å². The largest absolute Gasteiger partial charge is 0.491 e. The van der Waals surface area contributed by atoms with Crippen molar-refractivity contribution in [1.82, 2.24) is 0 Å². The molecule has 50 heavy (non-hydrogen) atoms. The Kier molecular flexibility index (Phi) is 38.5. The third kappa shape index (κ3) is 25.9. The molecular weight excluding hydrogens is 627 g/mol. The molecule has 1 saturated carbocycles. The molecule has 0 spiro atoms. The van der Waals surface area contributed by atoms with Crippen LogP contribution in [0, 0.1) is 12.8 Å². The van der Waals surface area contributed by atoms with Gasteiger partial charge in [-0.15, -0.1) is 0 Å². The minimum absolute atomic E-state index is 0.175. The topological polar surface area (TPSA) is 46.2 Å². The highest BCUT2D eigenvalue weighted by atomic mass is 19.3. The maximum absolute atomic E-state index is 13.0. The summed E-state index contributed by atoms with van der Waals surface area (Å²) >= 11 is 0. The van der Waals surface area contributed by atoms with Gasteiger partial charge in [-0.2, -0.15) is 4.94 Å². The van der Waals surface area contributed by atoms with E-state index in [9.17, 15) is 4.53 Å². The monoisotopic (exact) mass is 709 g/mol. The molecule has 5 nitrogen and oxygen atoms in total. The van der Waals surface area contributed by atoms with E-state index in [-0.39, 0.29) is 12.2 Å². The van der Waals surface area contributed by atoms with Crippen LogP contribution in [0.15, 0.2) is 42.5 Å². The minimum atomic E-state index is -0.471. The molecule has 6 heteroatoms. The van der Waals surface area contributed by atoms with Crippen molar-refractivity contribution in [3.05, 3.63) is 64.7 Å². The van der Waals surface area contributed by atoms with Gasteiger partial charge >= 0.3 is 0 Å². The first kappa shape index (κ1) is 52.4. The van der Waals surface area contributed by atoms with Crippen molar-refractivity contribution >= 4 is 0 Å². The summed E-state index contributed by atoms with van der Waals surface area (Å²) < 4.78 is 35.7. The molecule has 1 heterocycles. The number of hydrogen-bond donors (Lipinski definition) is 0. The average Bonchev–Trinajstić information content (AvgIpc) is 3.99. The van der Waals surface area contributed by atoms with Gasteiger partial charge in [0, 0.05) is 20.0 Å². The highest BCUT2D eigenvalue weighted by Gasteiger charge is 2.32. The zero-order valence-electron chi connectivity index (χ0n) is 35.3. The third-order valence-corrected chi connectivity index (χ3v) is 7.27. The van der Waals surface area contributed by atoms with Gasteiger partial charge < -0.3 is 18.9 Å². The number of aryl methyl sites for hydroxylation is 1. The van der Waals surface area contributed by atoms with E-state index in [0.29, 0.717) is 38.8 Å². The molecule has 4 rings (SSSR count). The van der Waals surface area contributed by atoms with Crippen LogP contribution in [0.25, 0.3) is 0 Å². The molecular formula is C44H81FO5. The fraction of sp³-hybridized carbons (Fsp3) is 0.727. The van der Waals surface area contributed by atoms with Crippen LogP contribution in [-0.2, 0) is 25.6 Å². The lowest BCUT2D eigenvalue weighted by Gasteiger charge is -2.33. The fourth-order valence-electron chi connectivity index (χ4n) is 4.78. The van der Waals surface area contributed by atoms with Crippen LogP contribution in [0.5, 0.6) is 5.75 Å². The second-order valence-corrected chi connectivity index (χ2v) is 12.1. The van der Waals surface area contributed by atoms with Gasteiger partial charge in [-0.25, -0.2) is 0 Å². The molecule has 0 bridgehead atoms. The molecule has 1 aliphatic heterocycles. The minimum Gasteiger partial charge on any atom is -0.491 e. The van der Waals surface area contributed by atoms with Crippen LogP contribution in [0.3, 0.4) is 0 Å². The molecule has 294 valence electrons. The Morgan fingerprint density at radius 3 is 1.90 bits per heavy atom. The number of rotatable bonds is 14. The van der Waals surface area contributed by atoms with Gasteiger partial charge in [0.25, 0.3) is 0 Å². The number of ether oxygens (including phenoxy) is 4. The van der Waals surface area contributed by atoms with Gasteiger partial charge in [0.2, 0.25) is 0 Å². The number of benzene rings is 2. The molecule has 1 aliphatic carbocycles. The molecule has 3 atom stereocenters. The summed E-state index contributed by atoms with van der Waals surface area (Å²) in [5.74, 6) is 1.76. The molecule has 0 aromatic heterocycles. The van der Waals surface area contributed by atoms with Crippen LogP contribution >= 0.6 is 0 Å². The Morgan fingerprint density at radius 2 is 1.42 bits per heavy atom. The highest BCUT2D eigenvalue weighted by Crippen LogP contribution is 2.34. The number of hydrogen-bond acceptors (Lipinski definition) is 5. The lowest BCUT2D eigenvalue weighted by molar-refractivity contribution is -0.227. The normalized spacial score (nSPS) is 17.2. The smallest absolute Gasteiger partial charge is 0.119 e. The second-order valence-electron chi connectivity index (χ2n) is 12.1. The maximum Gasteiger partial charge on any atom is 0.119 e. The second kappa shape index (κ2) is 36.8. The Hall–Kier alpha value is -1.99. The molecule has 2 aliphatic rings. The van der Waals surface area contributed by atoms with Crippen LogP contribution < -0.4 is 4.74 Å². The Bertz CT molecular complexity index is 961. The van der Waals surface area contributed by atoms with Crippen molar-refractivity contribution in [3.8, 4) is 5.75 Å². The highest BCUT2D eigenvalue weighted by molar-refractivity contribution is 5.38. The van der Waals surface area contributed by atoms with Crippen molar-refractivity contribution in [2.24, 2.45) is 5.92 Å². The van der Waals surface area contributed by atoms with Crippen molar-refractivity contribution in [1.29, 1.82) is 0 Å². The predicted octanol–water partition coefficient (Wildman–Crippen LogP) is 13.6. The molecule has 2 fully saturated rings. The van der Waals surface area contributed by atoms with Crippen molar-refractivity contribution in [3.63, 3.8) is 0 Å². The summed E-state index contributed by atoms with van der Waals surface area (Å²) in [5.41, 5.74) is 4.70. The van der Waals surface area contributed by atoms with Crippen LogP contribution in [0.1, 0.15) is 170 Å². The maximum atomic E-state index is 13.0. The number of unbranched alkanes of at least 4 members (excludes halogenated alkanes) is 1. The lowest BCUT2D eigenvalue weighted by atomic mass is 9.92. The summed E-state index contributed by atoms with van der Waals surface area (Å²) in [7, 11) is 1.63. The molecule has 2 aromatic rings. The first-order valence-electron chi connectivity index (χ1n) is 20.2. The van der Waals surface area contributed by atoms with Crippen LogP contribution in [0.4, 0.5) is 4.53 Å². The van der Waals surface area contributed by atoms with E-state index in [1.807, 2.05) is 67.5 Å². The Balaban J connectivity index is -0.00000104. The Morgan fingerprint density at radius 1 is 0.820 bits per heavy atom. The van der Waals surface area contributed by atoms with Gasteiger partial charge in [0.15, 0.2) is 0 Å². The van der Waals surface area contributed by atoms with E-state index in [1.54, 1.807) is 7.11 Å². The molecule has 0 N–H and O–H groups in total. The first-order valence-corrected chi connectivity index (χ1v) is 20.2. The van der Waals surface area contributed by atoms with Crippen molar-refractivity contribution < 1.29 is 28.4 Å². The van der Waals surface area contributed by atoms with E-state index < -0.39 is 6.10 Å². The van der Waals surface area contributed by atoms with E-state index in [2.05, 4.69) is 76.8 Å². The van der Waals surface area contributed by atoms with Crippen LogP contribution in [0.2, 0.25) is 0 Å². The van der Waals surface area contributed by atoms with Gasteiger partial charge in [0.1, 0.15) is 18.5 Å². The number of methoxy groups -OCH3 is 1. The molecule has 0 radical (unpaired) electrons. The SMILES string of the molecule is CC.CC.CC.CC.CCC.CCCCC(C)C.COCC1CC(OF)CC(c2ccc(C)c(Cc3ccc(OCCOC4CC4)cc3)c2)O1. The fourth-order valence-corrected chi connectivity index (χ4v) is 4.78. The molecule has 1 saturated heterocycles. The van der Waals surface area contributed by atoms with Gasteiger partial charge in [0.05, 0.1) is 31.5 Å². The summed E-state index contributed by atoms with van der Waals surface area (Å²) in [6.45, 7) is 30.8.